The molecule has 4 nitrogen and oxygen atoms in total. The van der Waals surface area contributed by atoms with Gasteiger partial charge in [0, 0.05) is 18.3 Å². The van der Waals surface area contributed by atoms with E-state index in [0.717, 1.165) is 25.7 Å². The van der Waals surface area contributed by atoms with E-state index in [9.17, 15) is 9.59 Å². The van der Waals surface area contributed by atoms with E-state index < -0.39 is 11.7 Å². The molecule has 45 heavy (non-hydrogen) atoms. The number of hydrogen-bond acceptors (Lipinski definition) is 4. The lowest BCUT2D eigenvalue weighted by molar-refractivity contribution is -0.207. The van der Waals surface area contributed by atoms with Crippen molar-refractivity contribution in [1.82, 2.24) is 0 Å². The molecule has 0 atom stereocenters. The van der Waals surface area contributed by atoms with Crippen LogP contribution in [0.1, 0.15) is 240 Å². The first-order chi connectivity index (χ1) is 21.8. The highest BCUT2D eigenvalue weighted by Gasteiger charge is 2.31. The van der Waals surface area contributed by atoms with Crippen LogP contribution >= 0.6 is 0 Å². The molecule has 0 saturated carbocycles. The summed E-state index contributed by atoms with van der Waals surface area (Å²) in [5.41, 5.74) is -0.435. The number of hydrogen-bond donors (Lipinski definition) is 0. The monoisotopic (exact) mass is 637 g/mol. The van der Waals surface area contributed by atoms with Crippen LogP contribution in [0.3, 0.4) is 0 Å². The summed E-state index contributed by atoms with van der Waals surface area (Å²) in [5.74, 6) is -0.492. The fourth-order valence-corrected chi connectivity index (χ4v) is 6.02. The molecule has 0 radical (unpaired) electrons. The topological polar surface area (TPSA) is 52.6 Å². The molecule has 0 rings (SSSR count). The maximum absolute atomic E-state index is 12.5. The molecule has 0 amide bonds. The van der Waals surface area contributed by atoms with E-state index >= 15 is 0 Å². The van der Waals surface area contributed by atoms with Gasteiger partial charge in [0.15, 0.2) is 0 Å². The molecular formula is C41H80O4. The van der Waals surface area contributed by atoms with Crippen LogP contribution in [0.15, 0.2) is 0 Å². The molecule has 0 bridgehead atoms. The Kier molecular flexibility index (Phi) is 32.1. The van der Waals surface area contributed by atoms with E-state index in [1.54, 1.807) is 0 Å². The minimum Gasteiger partial charge on any atom is -0.425 e. The zero-order valence-corrected chi connectivity index (χ0v) is 31.3. The standard InChI is InChI=1S/C41H80O4/c1-6-8-10-12-14-16-18-20-22-24-26-28-30-32-34-36-38(42)44-40(41(3,4)5)45-39(43)37-35-33-31-29-27-25-23-21-19-17-15-13-11-9-7-2/h40H,6-37H2,1-5H3. The van der Waals surface area contributed by atoms with Crippen molar-refractivity contribution in [2.24, 2.45) is 5.41 Å². The van der Waals surface area contributed by atoms with Crippen molar-refractivity contribution in [2.45, 2.75) is 246 Å². The van der Waals surface area contributed by atoms with Gasteiger partial charge in [-0.25, -0.2) is 0 Å². The van der Waals surface area contributed by atoms with Gasteiger partial charge in [-0.2, -0.15) is 0 Å². The fourth-order valence-electron chi connectivity index (χ4n) is 6.02. The predicted molar refractivity (Wildman–Crippen MR) is 195 cm³/mol. The third-order valence-electron chi connectivity index (χ3n) is 9.15. The second-order valence-corrected chi connectivity index (χ2v) is 15.1. The largest absolute Gasteiger partial charge is 0.425 e. The Morgan fingerprint density at radius 2 is 0.578 bits per heavy atom. The molecule has 0 heterocycles. The van der Waals surface area contributed by atoms with Crippen molar-refractivity contribution in [1.29, 1.82) is 0 Å². The van der Waals surface area contributed by atoms with Crippen molar-refractivity contribution in [3.05, 3.63) is 0 Å². The minimum atomic E-state index is -0.815. The van der Waals surface area contributed by atoms with E-state index in [1.165, 1.54) is 167 Å². The molecule has 4 heteroatoms. The number of carbonyl (C=O) groups excluding carboxylic acids is 2. The number of ether oxygens (including phenoxy) is 2. The molecule has 0 fully saturated rings. The lowest BCUT2D eigenvalue weighted by Crippen LogP contribution is -2.36. The molecular weight excluding hydrogens is 556 g/mol. The van der Waals surface area contributed by atoms with E-state index in [-0.39, 0.29) is 11.9 Å². The first-order valence-electron chi connectivity index (χ1n) is 20.2. The van der Waals surface area contributed by atoms with Crippen molar-refractivity contribution in [3.8, 4) is 0 Å². The van der Waals surface area contributed by atoms with Crippen molar-refractivity contribution < 1.29 is 19.1 Å². The molecule has 0 aliphatic heterocycles. The minimum absolute atomic E-state index is 0.246. The SMILES string of the molecule is CCCCCCCCCCCCCCCCCC(=O)OC(OC(=O)CCCCCCCCCCCCCCCCC)C(C)(C)C. The van der Waals surface area contributed by atoms with Crippen molar-refractivity contribution in [2.75, 3.05) is 0 Å². The Morgan fingerprint density at radius 1 is 0.378 bits per heavy atom. The average Bonchev–Trinajstić information content (AvgIpc) is 3.00. The summed E-state index contributed by atoms with van der Waals surface area (Å²) in [6.07, 6.45) is 39.1. The molecule has 0 saturated heterocycles. The molecule has 0 N–H and O–H groups in total. The van der Waals surface area contributed by atoms with Gasteiger partial charge in [0.1, 0.15) is 0 Å². The molecule has 0 aromatic heterocycles. The van der Waals surface area contributed by atoms with Gasteiger partial charge in [0.25, 0.3) is 6.29 Å². The summed E-state index contributed by atoms with van der Waals surface area (Å²) in [7, 11) is 0. The van der Waals surface area contributed by atoms with Gasteiger partial charge in [-0.1, -0.05) is 214 Å². The second kappa shape index (κ2) is 32.9. The van der Waals surface area contributed by atoms with Crippen LogP contribution in [0.2, 0.25) is 0 Å². The van der Waals surface area contributed by atoms with E-state index in [1.807, 2.05) is 20.8 Å². The third-order valence-corrected chi connectivity index (χ3v) is 9.15. The molecule has 0 aromatic carbocycles. The molecule has 0 spiro atoms. The van der Waals surface area contributed by atoms with Gasteiger partial charge in [-0.15, -0.1) is 0 Å². The molecule has 268 valence electrons. The van der Waals surface area contributed by atoms with E-state index in [0.29, 0.717) is 12.8 Å². The van der Waals surface area contributed by atoms with Crippen LogP contribution in [0, 0.1) is 5.41 Å². The molecule has 0 aromatic rings. The Morgan fingerprint density at radius 3 is 0.778 bits per heavy atom. The van der Waals surface area contributed by atoms with Gasteiger partial charge in [0.05, 0.1) is 0 Å². The van der Waals surface area contributed by atoms with Crippen LogP contribution in [-0.4, -0.2) is 18.2 Å². The number of carbonyl (C=O) groups is 2. The highest BCUT2D eigenvalue weighted by atomic mass is 16.7. The smallest absolute Gasteiger partial charge is 0.308 e. The lowest BCUT2D eigenvalue weighted by Gasteiger charge is -2.29. The lowest BCUT2D eigenvalue weighted by atomic mass is 9.96. The molecule has 0 aliphatic rings. The first kappa shape index (κ1) is 43.9. The number of rotatable bonds is 34. The van der Waals surface area contributed by atoms with Gasteiger partial charge in [-0.3, -0.25) is 9.59 Å². The normalized spacial score (nSPS) is 11.8. The highest BCUT2D eigenvalue weighted by Crippen LogP contribution is 2.25. The summed E-state index contributed by atoms with van der Waals surface area (Å²) in [6.45, 7) is 10.4. The van der Waals surface area contributed by atoms with Crippen molar-refractivity contribution in [3.63, 3.8) is 0 Å². The van der Waals surface area contributed by atoms with Crippen LogP contribution in [-0.2, 0) is 19.1 Å². The highest BCUT2D eigenvalue weighted by molar-refractivity contribution is 5.71. The first-order valence-corrected chi connectivity index (χ1v) is 20.2. The predicted octanol–water partition coefficient (Wildman–Crippen LogP) is 14.0. The van der Waals surface area contributed by atoms with Crippen molar-refractivity contribution >= 4 is 11.9 Å². The van der Waals surface area contributed by atoms with Crippen LogP contribution in [0.4, 0.5) is 0 Å². The van der Waals surface area contributed by atoms with E-state index in [2.05, 4.69) is 13.8 Å². The zero-order chi connectivity index (χ0) is 33.3. The van der Waals surface area contributed by atoms with Crippen LogP contribution < -0.4 is 0 Å². The summed E-state index contributed by atoms with van der Waals surface area (Å²) >= 11 is 0. The van der Waals surface area contributed by atoms with Gasteiger partial charge < -0.3 is 9.47 Å². The number of esters is 2. The third kappa shape index (κ3) is 32.7. The average molecular weight is 637 g/mol. The summed E-state index contributed by atoms with van der Waals surface area (Å²) in [4.78, 5) is 25.0. The van der Waals surface area contributed by atoms with Gasteiger partial charge in [0.2, 0.25) is 0 Å². The number of unbranched alkanes of at least 4 members (excludes halogenated alkanes) is 28. The maximum atomic E-state index is 12.5. The van der Waals surface area contributed by atoms with Crippen LogP contribution in [0.25, 0.3) is 0 Å². The Bertz CT molecular complexity index is 590. The fraction of sp³-hybridized carbons (Fsp3) is 0.951. The summed E-state index contributed by atoms with van der Waals surface area (Å²) in [6, 6.07) is 0. The quantitative estimate of drug-likeness (QED) is 0.0400. The van der Waals surface area contributed by atoms with E-state index in [4.69, 9.17) is 9.47 Å². The Hall–Kier alpha value is -1.06. The van der Waals surface area contributed by atoms with Gasteiger partial charge >= 0.3 is 11.9 Å². The van der Waals surface area contributed by atoms with Crippen LogP contribution in [0.5, 0.6) is 0 Å². The van der Waals surface area contributed by atoms with Gasteiger partial charge in [-0.05, 0) is 12.8 Å². The zero-order valence-electron chi connectivity index (χ0n) is 31.3. The summed E-state index contributed by atoms with van der Waals surface area (Å²) < 4.78 is 11.3. The maximum Gasteiger partial charge on any atom is 0.308 e. The summed E-state index contributed by atoms with van der Waals surface area (Å²) in [5, 5.41) is 0. The Labute approximate surface area is 282 Å². The molecule has 0 aliphatic carbocycles. The molecule has 0 unspecified atom stereocenters. The second-order valence-electron chi connectivity index (χ2n) is 15.1. The Balaban J connectivity index is 3.74.